The third-order valence-corrected chi connectivity index (χ3v) is 5.05. The van der Waals surface area contributed by atoms with Gasteiger partial charge in [0.2, 0.25) is 0 Å². The number of hydrogen-bond donors (Lipinski definition) is 0. The van der Waals surface area contributed by atoms with E-state index in [1.807, 2.05) is 13.0 Å². The molecule has 0 N–H and O–H groups in total. The molecular formula is C15H22ClN3. The van der Waals surface area contributed by atoms with Crippen molar-refractivity contribution in [2.75, 3.05) is 18.0 Å². The second-order valence-corrected chi connectivity index (χ2v) is 6.53. The van der Waals surface area contributed by atoms with E-state index < -0.39 is 0 Å². The molecule has 2 fully saturated rings. The summed E-state index contributed by atoms with van der Waals surface area (Å²) in [5.74, 6) is 1.77. The van der Waals surface area contributed by atoms with Gasteiger partial charge in [0.15, 0.2) is 0 Å². The zero-order valence-electron chi connectivity index (χ0n) is 11.7. The number of rotatable bonds is 1. The average molecular weight is 280 g/mol. The summed E-state index contributed by atoms with van der Waals surface area (Å²) in [6, 6.07) is 1.90. The Balaban J connectivity index is 1.69. The van der Waals surface area contributed by atoms with Crippen LogP contribution in [0.15, 0.2) is 6.07 Å². The van der Waals surface area contributed by atoms with Crippen LogP contribution in [0.5, 0.6) is 0 Å². The Kier molecular flexibility index (Phi) is 3.66. The van der Waals surface area contributed by atoms with Gasteiger partial charge in [0.1, 0.15) is 16.8 Å². The van der Waals surface area contributed by atoms with Gasteiger partial charge in [-0.2, -0.15) is 0 Å². The van der Waals surface area contributed by atoms with Crippen LogP contribution in [0.4, 0.5) is 5.82 Å². The number of aromatic nitrogens is 2. The lowest BCUT2D eigenvalue weighted by molar-refractivity contribution is 0.144. The Morgan fingerprint density at radius 2 is 1.74 bits per heavy atom. The van der Waals surface area contributed by atoms with Gasteiger partial charge in [-0.25, -0.2) is 9.97 Å². The summed E-state index contributed by atoms with van der Waals surface area (Å²) in [7, 11) is 0. The number of anilines is 1. The number of halogens is 1. The van der Waals surface area contributed by atoms with Crippen LogP contribution in [-0.4, -0.2) is 23.1 Å². The molecule has 1 saturated carbocycles. The molecule has 1 aromatic heterocycles. The van der Waals surface area contributed by atoms with E-state index in [2.05, 4.69) is 14.9 Å². The van der Waals surface area contributed by atoms with Gasteiger partial charge in [-0.1, -0.05) is 30.9 Å². The second kappa shape index (κ2) is 5.28. The van der Waals surface area contributed by atoms with Crippen LogP contribution in [0.2, 0.25) is 5.15 Å². The lowest BCUT2D eigenvalue weighted by Gasteiger charge is -2.44. The molecule has 0 bridgehead atoms. The third-order valence-electron chi connectivity index (χ3n) is 4.86. The summed E-state index contributed by atoms with van der Waals surface area (Å²) >= 11 is 6.03. The fourth-order valence-electron chi connectivity index (χ4n) is 3.69. The minimum Gasteiger partial charge on any atom is -0.356 e. The van der Waals surface area contributed by atoms with E-state index in [0.717, 1.165) is 24.7 Å². The summed E-state index contributed by atoms with van der Waals surface area (Å²) in [5, 5.41) is 0.556. The van der Waals surface area contributed by atoms with Gasteiger partial charge in [0.05, 0.1) is 0 Å². The molecule has 2 aliphatic rings. The Morgan fingerprint density at radius 1 is 1.05 bits per heavy atom. The average Bonchev–Trinajstić information content (AvgIpc) is 2.39. The van der Waals surface area contributed by atoms with E-state index in [1.54, 1.807) is 0 Å². The van der Waals surface area contributed by atoms with Gasteiger partial charge in [0.25, 0.3) is 0 Å². The minimum atomic E-state index is 0.556. The molecule has 0 aromatic carbocycles. The van der Waals surface area contributed by atoms with Gasteiger partial charge in [-0.15, -0.1) is 0 Å². The molecule has 0 atom stereocenters. The van der Waals surface area contributed by atoms with Gasteiger partial charge in [-0.3, -0.25) is 0 Å². The number of aryl methyl sites for hydroxylation is 1. The molecular weight excluding hydrogens is 258 g/mol. The summed E-state index contributed by atoms with van der Waals surface area (Å²) in [4.78, 5) is 11.0. The molecule has 4 heteroatoms. The maximum absolute atomic E-state index is 6.03. The lowest BCUT2D eigenvalue weighted by Crippen LogP contribution is -2.41. The molecule has 0 amide bonds. The van der Waals surface area contributed by atoms with Crippen molar-refractivity contribution >= 4 is 17.4 Å². The molecule has 2 heterocycles. The number of piperidine rings is 1. The molecule has 104 valence electrons. The zero-order chi connectivity index (χ0) is 13.3. The van der Waals surface area contributed by atoms with Gasteiger partial charge in [-0.05, 0) is 38.0 Å². The summed E-state index contributed by atoms with van der Waals surface area (Å²) in [6.07, 6.45) is 9.79. The maximum atomic E-state index is 6.03. The molecule has 19 heavy (non-hydrogen) atoms. The van der Waals surface area contributed by atoms with Crippen molar-refractivity contribution in [3.05, 3.63) is 17.0 Å². The minimum absolute atomic E-state index is 0.556. The lowest BCUT2D eigenvalue weighted by atomic mass is 9.68. The molecule has 1 aliphatic heterocycles. The Morgan fingerprint density at radius 3 is 2.37 bits per heavy atom. The first kappa shape index (κ1) is 13.2. The molecule has 0 radical (unpaired) electrons. The van der Waals surface area contributed by atoms with Crippen molar-refractivity contribution in [1.29, 1.82) is 0 Å². The van der Waals surface area contributed by atoms with Crippen LogP contribution in [0.25, 0.3) is 0 Å². The van der Waals surface area contributed by atoms with Crippen LogP contribution in [0, 0.1) is 12.3 Å². The third kappa shape index (κ3) is 2.86. The highest BCUT2D eigenvalue weighted by molar-refractivity contribution is 6.29. The van der Waals surface area contributed by atoms with Crippen molar-refractivity contribution < 1.29 is 0 Å². The van der Waals surface area contributed by atoms with Crippen LogP contribution >= 0.6 is 11.6 Å². The Bertz CT molecular complexity index is 424. The summed E-state index contributed by atoms with van der Waals surface area (Å²) in [5.41, 5.74) is 0.640. The number of nitrogens with zero attached hydrogens (tertiary/aromatic N) is 3. The zero-order valence-corrected chi connectivity index (χ0v) is 12.4. The van der Waals surface area contributed by atoms with Crippen molar-refractivity contribution in [1.82, 2.24) is 9.97 Å². The van der Waals surface area contributed by atoms with Gasteiger partial charge in [0, 0.05) is 19.2 Å². The first-order valence-corrected chi connectivity index (χ1v) is 7.81. The molecule has 3 rings (SSSR count). The molecule has 1 aromatic rings. The molecule has 1 aliphatic carbocycles. The molecule has 0 unspecified atom stereocenters. The Hall–Kier alpha value is -0.830. The normalized spacial score (nSPS) is 22.7. The van der Waals surface area contributed by atoms with E-state index in [1.165, 1.54) is 44.9 Å². The fraction of sp³-hybridized carbons (Fsp3) is 0.733. The summed E-state index contributed by atoms with van der Waals surface area (Å²) < 4.78 is 0. The smallest absolute Gasteiger partial charge is 0.134 e. The Labute approximate surface area is 120 Å². The quantitative estimate of drug-likeness (QED) is 0.728. The van der Waals surface area contributed by atoms with E-state index in [4.69, 9.17) is 11.6 Å². The topological polar surface area (TPSA) is 29.0 Å². The van der Waals surface area contributed by atoms with Crippen molar-refractivity contribution in [2.24, 2.45) is 5.41 Å². The predicted molar refractivity (Wildman–Crippen MR) is 78.7 cm³/mol. The first-order valence-electron chi connectivity index (χ1n) is 7.43. The second-order valence-electron chi connectivity index (χ2n) is 6.14. The van der Waals surface area contributed by atoms with E-state index in [0.29, 0.717) is 10.6 Å². The first-order chi connectivity index (χ1) is 9.17. The highest BCUT2D eigenvalue weighted by atomic mass is 35.5. The van der Waals surface area contributed by atoms with Gasteiger partial charge >= 0.3 is 0 Å². The van der Waals surface area contributed by atoms with Gasteiger partial charge < -0.3 is 4.90 Å². The van der Waals surface area contributed by atoms with Crippen LogP contribution in [0.3, 0.4) is 0 Å². The van der Waals surface area contributed by atoms with Crippen molar-refractivity contribution in [2.45, 2.75) is 51.9 Å². The molecule has 3 nitrogen and oxygen atoms in total. The van der Waals surface area contributed by atoms with E-state index in [9.17, 15) is 0 Å². The monoisotopic (exact) mass is 279 g/mol. The highest BCUT2D eigenvalue weighted by Crippen LogP contribution is 2.44. The molecule has 1 spiro atoms. The van der Waals surface area contributed by atoms with Crippen molar-refractivity contribution in [3.8, 4) is 0 Å². The predicted octanol–water partition coefficient (Wildman–Crippen LogP) is 3.99. The SMILES string of the molecule is Cc1nc(Cl)cc(N2CCC3(CCCCC3)CC2)n1. The van der Waals surface area contributed by atoms with Crippen LogP contribution in [0.1, 0.15) is 50.8 Å². The van der Waals surface area contributed by atoms with Crippen LogP contribution in [-0.2, 0) is 0 Å². The van der Waals surface area contributed by atoms with Crippen LogP contribution < -0.4 is 4.90 Å². The van der Waals surface area contributed by atoms with E-state index >= 15 is 0 Å². The van der Waals surface area contributed by atoms with Crippen molar-refractivity contribution in [3.63, 3.8) is 0 Å². The molecule has 1 saturated heterocycles. The standard InChI is InChI=1S/C15H22ClN3/c1-12-17-13(16)11-14(18-12)19-9-7-15(8-10-19)5-3-2-4-6-15/h11H,2-10H2,1H3. The fourth-order valence-corrected chi connectivity index (χ4v) is 3.91. The largest absolute Gasteiger partial charge is 0.356 e. The number of hydrogen-bond acceptors (Lipinski definition) is 3. The maximum Gasteiger partial charge on any atom is 0.134 e. The highest BCUT2D eigenvalue weighted by Gasteiger charge is 2.35. The summed E-state index contributed by atoms with van der Waals surface area (Å²) in [6.45, 7) is 4.14. The van der Waals surface area contributed by atoms with E-state index in [-0.39, 0.29) is 0 Å².